The van der Waals surface area contributed by atoms with Crippen LogP contribution in [0.5, 0.6) is 5.75 Å². The number of benzene rings is 1. The van der Waals surface area contributed by atoms with Gasteiger partial charge >= 0.3 is 5.97 Å². The number of hydrogen-bond acceptors (Lipinski definition) is 4. The van der Waals surface area contributed by atoms with Crippen LogP contribution in [-0.2, 0) is 4.79 Å². The average molecular weight is 301 g/mol. The minimum absolute atomic E-state index is 0.0256. The lowest BCUT2D eigenvalue weighted by Gasteiger charge is -2.22. The van der Waals surface area contributed by atoms with E-state index in [1.165, 1.54) is 0 Å². The summed E-state index contributed by atoms with van der Waals surface area (Å²) in [6.07, 6.45) is 0. The summed E-state index contributed by atoms with van der Waals surface area (Å²) in [4.78, 5) is 14.7. The van der Waals surface area contributed by atoms with Crippen LogP contribution in [0.25, 0.3) is 0 Å². The number of hydrogen-bond donors (Lipinski definition) is 1. The predicted octanol–water partition coefficient (Wildman–Crippen LogP) is 1.67. The number of aliphatic carboxylic acids is 1. The summed E-state index contributed by atoms with van der Waals surface area (Å²) in [5, 5.41) is 9.55. The van der Waals surface area contributed by atoms with Gasteiger partial charge in [-0.25, -0.2) is 0 Å². The van der Waals surface area contributed by atoms with E-state index in [4.69, 9.17) is 21.4 Å². The molecule has 1 rings (SSSR count). The van der Waals surface area contributed by atoms with Gasteiger partial charge in [-0.2, -0.15) is 0 Å². The van der Waals surface area contributed by atoms with E-state index in [9.17, 15) is 4.79 Å². The largest absolute Gasteiger partial charge is 0.492 e. The van der Waals surface area contributed by atoms with E-state index in [0.29, 0.717) is 24.7 Å². The minimum atomic E-state index is -0.824. The molecule has 0 amide bonds. The lowest BCUT2D eigenvalue weighted by Crippen LogP contribution is -2.38. The normalized spacial score (nSPS) is 11.1. The third-order valence-electron chi connectivity index (χ3n) is 2.71. The molecule has 0 aliphatic carbocycles. The zero-order valence-electron chi connectivity index (χ0n) is 11.9. The molecule has 1 N–H and O–H groups in total. The van der Waals surface area contributed by atoms with Crippen LogP contribution in [0.15, 0.2) is 24.3 Å². The fourth-order valence-electron chi connectivity index (χ4n) is 1.63. The second-order valence-corrected chi connectivity index (χ2v) is 5.21. The Balaban J connectivity index is 2.36. The highest BCUT2D eigenvalue weighted by atomic mass is 35.5. The first-order chi connectivity index (χ1) is 9.47. The smallest absolute Gasteiger partial charge is 0.317 e. The Hall–Kier alpha value is -1.30. The third kappa shape index (κ3) is 7.33. The van der Waals surface area contributed by atoms with Crippen molar-refractivity contribution >= 4 is 17.6 Å². The molecule has 0 saturated carbocycles. The van der Waals surface area contributed by atoms with Gasteiger partial charge in [-0.1, -0.05) is 11.6 Å². The number of rotatable bonds is 9. The second-order valence-electron chi connectivity index (χ2n) is 4.78. The number of halogens is 1. The van der Waals surface area contributed by atoms with E-state index < -0.39 is 5.97 Å². The fourth-order valence-corrected chi connectivity index (χ4v) is 1.75. The lowest BCUT2D eigenvalue weighted by molar-refractivity contribution is -0.138. The van der Waals surface area contributed by atoms with Gasteiger partial charge in [-0.3, -0.25) is 9.69 Å². The standard InChI is InChI=1S/C14H21ClN2O3/c1-16(2)7-8-17(11-14(18)19)9-10-20-13-5-3-12(15)4-6-13/h3-6H,7-11H2,1-2H3,(H,18,19). The number of likely N-dealkylation sites (N-methyl/N-ethyl adjacent to an activating group) is 1. The predicted molar refractivity (Wildman–Crippen MR) is 79.6 cm³/mol. The highest BCUT2D eigenvalue weighted by Gasteiger charge is 2.10. The monoisotopic (exact) mass is 300 g/mol. The summed E-state index contributed by atoms with van der Waals surface area (Å²) in [7, 11) is 3.92. The molecule has 0 fully saturated rings. The highest BCUT2D eigenvalue weighted by Crippen LogP contribution is 2.15. The number of carboxylic acid groups (broad SMARTS) is 1. The topological polar surface area (TPSA) is 53.0 Å². The molecule has 0 saturated heterocycles. The maximum atomic E-state index is 10.8. The molecule has 0 unspecified atom stereocenters. The zero-order chi connectivity index (χ0) is 15.0. The number of carbonyl (C=O) groups is 1. The van der Waals surface area contributed by atoms with Gasteiger partial charge in [-0.05, 0) is 38.4 Å². The molecule has 1 aromatic rings. The van der Waals surface area contributed by atoms with Crippen LogP contribution < -0.4 is 4.74 Å². The molecule has 20 heavy (non-hydrogen) atoms. The fraction of sp³-hybridized carbons (Fsp3) is 0.500. The van der Waals surface area contributed by atoms with Gasteiger partial charge in [0, 0.05) is 24.7 Å². The van der Waals surface area contributed by atoms with Crippen molar-refractivity contribution in [3.8, 4) is 5.75 Å². The molecule has 5 nitrogen and oxygen atoms in total. The van der Waals surface area contributed by atoms with Crippen molar-refractivity contribution in [1.82, 2.24) is 9.80 Å². The molecular weight excluding hydrogens is 280 g/mol. The Labute approximate surface area is 124 Å². The maximum absolute atomic E-state index is 10.8. The molecule has 0 aliphatic heterocycles. The molecule has 1 aromatic carbocycles. The summed E-state index contributed by atoms with van der Waals surface area (Å²) >= 11 is 5.79. The van der Waals surface area contributed by atoms with E-state index in [-0.39, 0.29) is 6.54 Å². The van der Waals surface area contributed by atoms with Crippen LogP contribution in [0.1, 0.15) is 0 Å². The van der Waals surface area contributed by atoms with Crippen LogP contribution in [0.3, 0.4) is 0 Å². The van der Waals surface area contributed by atoms with Gasteiger partial charge in [-0.15, -0.1) is 0 Å². The van der Waals surface area contributed by atoms with Gasteiger partial charge in [0.05, 0.1) is 6.54 Å². The summed E-state index contributed by atoms with van der Waals surface area (Å²) in [6.45, 7) is 2.56. The van der Waals surface area contributed by atoms with Gasteiger partial charge < -0.3 is 14.7 Å². The Morgan fingerprint density at radius 2 is 1.85 bits per heavy atom. The Morgan fingerprint density at radius 3 is 2.40 bits per heavy atom. The van der Waals surface area contributed by atoms with Crippen LogP contribution in [0.2, 0.25) is 5.02 Å². The van der Waals surface area contributed by atoms with Crippen molar-refractivity contribution in [1.29, 1.82) is 0 Å². The minimum Gasteiger partial charge on any atom is -0.492 e. The van der Waals surface area contributed by atoms with Gasteiger partial charge in [0.1, 0.15) is 12.4 Å². The van der Waals surface area contributed by atoms with Crippen LogP contribution in [0.4, 0.5) is 0 Å². The van der Waals surface area contributed by atoms with Crippen LogP contribution in [-0.4, -0.2) is 67.8 Å². The number of ether oxygens (including phenoxy) is 1. The van der Waals surface area contributed by atoms with E-state index in [0.717, 1.165) is 12.3 Å². The average Bonchev–Trinajstić information content (AvgIpc) is 2.37. The Morgan fingerprint density at radius 1 is 1.20 bits per heavy atom. The van der Waals surface area contributed by atoms with Gasteiger partial charge in [0.25, 0.3) is 0 Å². The number of carboxylic acids is 1. The SMILES string of the molecule is CN(C)CCN(CCOc1ccc(Cl)cc1)CC(=O)O. The van der Waals surface area contributed by atoms with Crippen molar-refractivity contribution in [3.05, 3.63) is 29.3 Å². The highest BCUT2D eigenvalue weighted by molar-refractivity contribution is 6.30. The van der Waals surface area contributed by atoms with Crippen molar-refractivity contribution in [2.24, 2.45) is 0 Å². The molecule has 0 heterocycles. The molecule has 0 aliphatic rings. The first kappa shape index (κ1) is 16.8. The maximum Gasteiger partial charge on any atom is 0.317 e. The molecule has 0 spiro atoms. The first-order valence-corrected chi connectivity index (χ1v) is 6.82. The van der Waals surface area contributed by atoms with E-state index in [1.54, 1.807) is 24.3 Å². The molecule has 112 valence electrons. The molecule has 0 bridgehead atoms. The number of nitrogens with zero attached hydrogens (tertiary/aromatic N) is 2. The van der Waals surface area contributed by atoms with Crippen molar-refractivity contribution in [3.63, 3.8) is 0 Å². The van der Waals surface area contributed by atoms with Crippen molar-refractivity contribution < 1.29 is 14.6 Å². The van der Waals surface area contributed by atoms with Gasteiger partial charge in [0.15, 0.2) is 0 Å². The van der Waals surface area contributed by atoms with Crippen molar-refractivity contribution in [2.45, 2.75) is 0 Å². The van der Waals surface area contributed by atoms with E-state index in [1.807, 2.05) is 23.9 Å². The first-order valence-electron chi connectivity index (χ1n) is 6.44. The summed E-state index contributed by atoms with van der Waals surface area (Å²) < 4.78 is 5.57. The molecule has 0 aromatic heterocycles. The van der Waals surface area contributed by atoms with E-state index in [2.05, 4.69) is 0 Å². The Kier molecular flexibility index (Phi) is 7.36. The van der Waals surface area contributed by atoms with Crippen molar-refractivity contribution in [2.75, 3.05) is 46.9 Å². The summed E-state index contributed by atoms with van der Waals surface area (Å²) in [5.41, 5.74) is 0. The summed E-state index contributed by atoms with van der Waals surface area (Å²) in [5.74, 6) is -0.0902. The molecule has 6 heteroatoms. The molecule has 0 radical (unpaired) electrons. The second kappa shape index (κ2) is 8.79. The molecule has 0 atom stereocenters. The van der Waals surface area contributed by atoms with Crippen LogP contribution >= 0.6 is 11.6 Å². The van der Waals surface area contributed by atoms with E-state index >= 15 is 0 Å². The molecular formula is C14H21ClN2O3. The third-order valence-corrected chi connectivity index (χ3v) is 2.96. The lowest BCUT2D eigenvalue weighted by atomic mass is 10.3. The summed E-state index contributed by atoms with van der Waals surface area (Å²) in [6, 6.07) is 7.11. The van der Waals surface area contributed by atoms with Crippen LogP contribution in [0, 0.1) is 0 Å². The Bertz CT molecular complexity index is 409. The zero-order valence-corrected chi connectivity index (χ0v) is 12.6. The quantitative estimate of drug-likeness (QED) is 0.752. The van der Waals surface area contributed by atoms with Gasteiger partial charge in [0.2, 0.25) is 0 Å².